The Morgan fingerprint density at radius 1 is 1.00 bits per heavy atom. The number of hydrogen-bond donors (Lipinski definition) is 0. The molecule has 2 aliphatic rings. The van der Waals surface area contributed by atoms with Crippen LogP contribution in [0.25, 0.3) is 0 Å². The number of fused-ring (bicyclic) bond motifs is 1. The molecule has 0 unspecified atom stereocenters. The van der Waals surface area contributed by atoms with Gasteiger partial charge in [-0.05, 0) is 19.3 Å². The van der Waals surface area contributed by atoms with Crippen LogP contribution in [0.15, 0.2) is 0 Å². The second-order valence-corrected chi connectivity index (χ2v) is 3.58. The largest absolute Gasteiger partial charge is 0.303 e. The average molecular weight is 138 g/mol. The van der Waals surface area contributed by atoms with Gasteiger partial charge in [0.1, 0.15) is 12.6 Å². The summed E-state index contributed by atoms with van der Waals surface area (Å²) < 4.78 is 0. The standard InChI is InChI=1S/C8H10O2/c9-5-7-2-1-3-8(7,4-7)6-10/h5-6H,1-4H2/t7-,8+. The van der Waals surface area contributed by atoms with Crippen molar-refractivity contribution >= 4 is 12.6 Å². The van der Waals surface area contributed by atoms with Crippen LogP contribution < -0.4 is 0 Å². The molecule has 2 atom stereocenters. The Balaban J connectivity index is 2.31. The van der Waals surface area contributed by atoms with Crippen molar-refractivity contribution in [2.24, 2.45) is 10.8 Å². The zero-order chi connectivity index (χ0) is 7.24. The zero-order valence-electron chi connectivity index (χ0n) is 5.80. The third kappa shape index (κ3) is 0.425. The van der Waals surface area contributed by atoms with E-state index in [0.29, 0.717) is 0 Å². The van der Waals surface area contributed by atoms with E-state index in [-0.39, 0.29) is 10.8 Å². The second kappa shape index (κ2) is 1.49. The molecule has 0 radical (unpaired) electrons. The monoisotopic (exact) mass is 138 g/mol. The first-order chi connectivity index (χ1) is 4.79. The zero-order valence-corrected chi connectivity index (χ0v) is 5.80. The summed E-state index contributed by atoms with van der Waals surface area (Å²) >= 11 is 0. The van der Waals surface area contributed by atoms with Crippen LogP contribution in [-0.2, 0) is 9.59 Å². The molecule has 2 nitrogen and oxygen atoms in total. The van der Waals surface area contributed by atoms with Crippen LogP contribution in [0.3, 0.4) is 0 Å². The van der Waals surface area contributed by atoms with Crippen LogP contribution in [0.5, 0.6) is 0 Å². The quantitative estimate of drug-likeness (QED) is 0.532. The van der Waals surface area contributed by atoms with Crippen LogP contribution in [-0.4, -0.2) is 12.6 Å². The van der Waals surface area contributed by atoms with Gasteiger partial charge in [0.05, 0.1) is 0 Å². The molecule has 0 heterocycles. The highest BCUT2D eigenvalue weighted by Gasteiger charge is 2.70. The van der Waals surface area contributed by atoms with Crippen molar-refractivity contribution < 1.29 is 9.59 Å². The molecule has 0 aromatic carbocycles. The van der Waals surface area contributed by atoms with Gasteiger partial charge in [-0.15, -0.1) is 0 Å². The summed E-state index contributed by atoms with van der Waals surface area (Å²) in [6.45, 7) is 0. The third-order valence-electron chi connectivity index (χ3n) is 3.19. The number of carbonyl (C=O) groups is 2. The molecule has 0 aliphatic heterocycles. The first kappa shape index (κ1) is 6.08. The maximum absolute atomic E-state index is 10.6. The van der Waals surface area contributed by atoms with E-state index in [2.05, 4.69) is 0 Å². The first-order valence-electron chi connectivity index (χ1n) is 3.71. The van der Waals surface area contributed by atoms with E-state index in [1.165, 1.54) is 0 Å². The first-order valence-corrected chi connectivity index (χ1v) is 3.71. The molecule has 2 fully saturated rings. The van der Waals surface area contributed by atoms with Gasteiger partial charge in [-0.1, -0.05) is 6.42 Å². The normalized spacial score (nSPS) is 50.0. The second-order valence-electron chi connectivity index (χ2n) is 3.58. The third-order valence-corrected chi connectivity index (χ3v) is 3.19. The highest BCUT2D eigenvalue weighted by molar-refractivity contribution is 5.81. The molecule has 0 bridgehead atoms. The molecule has 10 heavy (non-hydrogen) atoms. The van der Waals surface area contributed by atoms with Gasteiger partial charge in [-0.3, -0.25) is 0 Å². The fourth-order valence-corrected chi connectivity index (χ4v) is 2.35. The minimum absolute atomic E-state index is 0.200. The van der Waals surface area contributed by atoms with Gasteiger partial charge in [0.25, 0.3) is 0 Å². The van der Waals surface area contributed by atoms with Gasteiger partial charge in [-0.25, -0.2) is 0 Å². The Morgan fingerprint density at radius 2 is 1.50 bits per heavy atom. The molecular formula is C8H10O2. The summed E-state index contributed by atoms with van der Waals surface area (Å²) in [4.78, 5) is 21.2. The lowest BCUT2D eigenvalue weighted by molar-refractivity contribution is -0.118. The van der Waals surface area contributed by atoms with Gasteiger partial charge in [0.2, 0.25) is 0 Å². The molecule has 0 amide bonds. The number of aldehydes is 2. The van der Waals surface area contributed by atoms with E-state index < -0.39 is 0 Å². The Morgan fingerprint density at radius 3 is 1.80 bits per heavy atom. The summed E-state index contributed by atoms with van der Waals surface area (Å²) in [5, 5.41) is 0. The predicted octanol–water partition coefficient (Wildman–Crippen LogP) is 0.945. The molecule has 2 aliphatic carbocycles. The predicted molar refractivity (Wildman–Crippen MR) is 35.5 cm³/mol. The lowest BCUT2D eigenvalue weighted by atomic mass is 10.00. The van der Waals surface area contributed by atoms with E-state index in [1.54, 1.807) is 0 Å². The SMILES string of the molecule is O=C[C@@]12CCC[C@]1(C=O)C2. The van der Waals surface area contributed by atoms with Gasteiger partial charge < -0.3 is 9.59 Å². The molecule has 0 aromatic heterocycles. The van der Waals surface area contributed by atoms with Gasteiger partial charge >= 0.3 is 0 Å². The van der Waals surface area contributed by atoms with Gasteiger partial charge in [0.15, 0.2) is 0 Å². The highest BCUT2D eigenvalue weighted by Crippen LogP contribution is 2.71. The van der Waals surface area contributed by atoms with Crippen LogP contribution in [0.1, 0.15) is 25.7 Å². The van der Waals surface area contributed by atoms with Crippen molar-refractivity contribution in [3.8, 4) is 0 Å². The average Bonchev–Trinajstić information content (AvgIpc) is 2.51. The van der Waals surface area contributed by atoms with Gasteiger partial charge in [-0.2, -0.15) is 0 Å². The summed E-state index contributed by atoms with van der Waals surface area (Å²) in [6.07, 6.45) is 5.75. The van der Waals surface area contributed by atoms with Crippen molar-refractivity contribution in [3.63, 3.8) is 0 Å². The fourth-order valence-electron chi connectivity index (χ4n) is 2.35. The molecule has 0 N–H and O–H groups in total. The Bertz CT molecular complexity index is 179. The molecule has 0 saturated heterocycles. The van der Waals surface area contributed by atoms with Crippen molar-refractivity contribution in [1.82, 2.24) is 0 Å². The smallest absolute Gasteiger partial charge is 0.127 e. The Kier molecular flexibility index (Phi) is 0.908. The molecular weight excluding hydrogens is 128 g/mol. The lowest BCUT2D eigenvalue weighted by Gasteiger charge is -2.01. The molecule has 2 saturated carbocycles. The molecule has 2 rings (SSSR count). The molecule has 0 spiro atoms. The van der Waals surface area contributed by atoms with Crippen molar-refractivity contribution in [1.29, 1.82) is 0 Å². The maximum atomic E-state index is 10.6. The highest BCUT2D eigenvalue weighted by atomic mass is 16.1. The number of rotatable bonds is 2. The summed E-state index contributed by atoms with van der Waals surface area (Å²) in [5.74, 6) is 0. The van der Waals surface area contributed by atoms with E-state index in [0.717, 1.165) is 38.3 Å². The van der Waals surface area contributed by atoms with Crippen molar-refractivity contribution in [3.05, 3.63) is 0 Å². The molecule has 2 heteroatoms. The fraction of sp³-hybridized carbons (Fsp3) is 0.750. The van der Waals surface area contributed by atoms with Crippen LogP contribution in [0.2, 0.25) is 0 Å². The van der Waals surface area contributed by atoms with Crippen LogP contribution in [0.4, 0.5) is 0 Å². The minimum atomic E-state index is -0.200. The maximum Gasteiger partial charge on any atom is 0.127 e. The van der Waals surface area contributed by atoms with E-state index >= 15 is 0 Å². The Hall–Kier alpha value is -0.660. The van der Waals surface area contributed by atoms with Crippen LogP contribution in [0, 0.1) is 10.8 Å². The lowest BCUT2D eigenvalue weighted by Crippen LogP contribution is -2.09. The topological polar surface area (TPSA) is 34.1 Å². The minimum Gasteiger partial charge on any atom is -0.303 e. The summed E-state index contributed by atoms with van der Waals surface area (Å²) in [7, 11) is 0. The van der Waals surface area contributed by atoms with Crippen molar-refractivity contribution in [2.75, 3.05) is 0 Å². The van der Waals surface area contributed by atoms with E-state index in [1.807, 2.05) is 0 Å². The van der Waals surface area contributed by atoms with E-state index in [9.17, 15) is 9.59 Å². The van der Waals surface area contributed by atoms with E-state index in [4.69, 9.17) is 0 Å². The molecule has 0 aromatic rings. The van der Waals surface area contributed by atoms with Crippen molar-refractivity contribution in [2.45, 2.75) is 25.7 Å². The summed E-state index contributed by atoms with van der Waals surface area (Å²) in [6, 6.07) is 0. The Labute approximate surface area is 59.6 Å². The number of hydrogen-bond acceptors (Lipinski definition) is 2. The summed E-state index contributed by atoms with van der Waals surface area (Å²) in [5.41, 5.74) is -0.399. The molecule has 54 valence electrons. The number of carbonyl (C=O) groups excluding carboxylic acids is 2. The van der Waals surface area contributed by atoms with Gasteiger partial charge in [0, 0.05) is 10.8 Å². The van der Waals surface area contributed by atoms with Crippen LogP contribution >= 0.6 is 0 Å².